The number of hydrogen-bond donors (Lipinski definition) is 2. The van der Waals surface area contributed by atoms with E-state index in [0.29, 0.717) is 11.5 Å². The summed E-state index contributed by atoms with van der Waals surface area (Å²) < 4.78 is 0.772. The third-order valence-electron chi connectivity index (χ3n) is 2.29. The van der Waals surface area contributed by atoms with Gasteiger partial charge in [0.15, 0.2) is 0 Å². The van der Waals surface area contributed by atoms with Gasteiger partial charge in [-0.15, -0.1) is 11.3 Å². The van der Waals surface area contributed by atoms with E-state index in [9.17, 15) is 0 Å². The second-order valence-electron chi connectivity index (χ2n) is 3.66. The number of halogens is 1. The van der Waals surface area contributed by atoms with Crippen molar-refractivity contribution in [2.75, 3.05) is 5.32 Å². The van der Waals surface area contributed by atoms with E-state index < -0.39 is 0 Å². The largest absolute Gasteiger partial charge is 0.388 e. The molecule has 2 aromatic rings. The number of rotatable bonds is 4. The summed E-state index contributed by atoms with van der Waals surface area (Å²) in [6, 6.07) is 3.98. The highest BCUT2D eigenvalue weighted by Gasteiger charge is 2.09. The molecule has 0 aliphatic carbocycles. The van der Waals surface area contributed by atoms with E-state index in [0.717, 1.165) is 9.21 Å². The second-order valence-corrected chi connectivity index (χ2v) is 5.85. The Kier molecular flexibility index (Phi) is 4.11. The molecule has 0 aliphatic rings. The number of aromatic nitrogens is 2. The molecule has 94 valence electrons. The van der Waals surface area contributed by atoms with Crippen molar-refractivity contribution in [3.8, 4) is 0 Å². The molecule has 0 bridgehead atoms. The fraction of sp³-hybridized carbons (Fsp3) is 0.182. The molecule has 0 amide bonds. The summed E-state index contributed by atoms with van der Waals surface area (Å²) in [5.41, 5.74) is 5.97. The van der Waals surface area contributed by atoms with Gasteiger partial charge in [-0.1, -0.05) is 23.8 Å². The van der Waals surface area contributed by atoms with E-state index >= 15 is 0 Å². The molecule has 1 unspecified atom stereocenters. The molecule has 4 nitrogen and oxygen atoms in total. The Bertz CT molecular complexity index is 552. The van der Waals surface area contributed by atoms with Gasteiger partial charge in [0, 0.05) is 4.88 Å². The lowest BCUT2D eigenvalue weighted by molar-refractivity contribution is 0.892. The Morgan fingerprint density at radius 2 is 2.22 bits per heavy atom. The van der Waals surface area contributed by atoms with Crippen molar-refractivity contribution in [2.24, 2.45) is 5.73 Å². The SMILES string of the molecule is CC(Nc1cnc(C(N)=S)cn1)c1ccc(Cl)s1. The standard InChI is InChI=1S/C11H11ClN4S2/c1-6(8-2-3-9(12)18-8)16-10-5-14-7(4-15-10)11(13)17/h2-6H,1H3,(H2,13,17)(H,15,16). The lowest BCUT2D eigenvalue weighted by atomic mass is 10.3. The molecule has 0 spiro atoms. The fourth-order valence-corrected chi connectivity index (χ4v) is 2.55. The number of thiophene rings is 1. The van der Waals surface area contributed by atoms with E-state index in [1.165, 1.54) is 11.3 Å². The maximum Gasteiger partial charge on any atom is 0.145 e. The van der Waals surface area contributed by atoms with Gasteiger partial charge < -0.3 is 11.1 Å². The summed E-state index contributed by atoms with van der Waals surface area (Å²) in [6.45, 7) is 2.03. The average molecular weight is 299 g/mol. The summed E-state index contributed by atoms with van der Waals surface area (Å²) in [5.74, 6) is 0.673. The molecule has 0 radical (unpaired) electrons. The van der Waals surface area contributed by atoms with Crippen LogP contribution in [0.25, 0.3) is 0 Å². The van der Waals surface area contributed by atoms with E-state index in [1.807, 2.05) is 19.1 Å². The molecule has 2 rings (SSSR count). The van der Waals surface area contributed by atoms with Crippen LogP contribution in [-0.2, 0) is 0 Å². The molecular formula is C11H11ClN4S2. The Labute approximate surface area is 119 Å². The van der Waals surface area contributed by atoms with E-state index in [-0.39, 0.29) is 11.0 Å². The fourth-order valence-electron chi connectivity index (χ4n) is 1.38. The maximum absolute atomic E-state index is 5.90. The normalized spacial score (nSPS) is 12.1. The quantitative estimate of drug-likeness (QED) is 0.850. The molecule has 1 atom stereocenters. The van der Waals surface area contributed by atoms with E-state index in [4.69, 9.17) is 29.6 Å². The highest BCUT2D eigenvalue weighted by Crippen LogP contribution is 2.28. The minimum Gasteiger partial charge on any atom is -0.388 e. The third-order valence-corrected chi connectivity index (χ3v) is 3.91. The molecule has 2 heterocycles. The van der Waals surface area contributed by atoms with Gasteiger partial charge in [0.2, 0.25) is 0 Å². The van der Waals surface area contributed by atoms with Crippen molar-refractivity contribution in [3.05, 3.63) is 39.4 Å². The molecule has 0 saturated heterocycles. The minimum absolute atomic E-state index is 0.118. The highest BCUT2D eigenvalue weighted by molar-refractivity contribution is 7.80. The van der Waals surface area contributed by atoms with Crippen LogP contribution in [-0.4, -0.2) is 15.0 Å². The molecule has 0 aromatic carbocycles. The average Bonchev–Trinajstić information content (AvgIpc) is 2.76. The van der Waals surface area contributed by atoms with Gasteiger partial charge in [-0.3, -0.25) is 0 Å². The number of thiocarbonyl (C=S) groups is 1. The summed E-state index contributed by atoms with van der Waals surface area (Å²) in [7, 11) is 0. The molecular weight excluding hydrogens is 288 g/mol. The Balaban J connectivity index is 2.07. The molecule has 18 heavy (non-hydrogen) atoms. The first-order chi connectivity index (χ1) is 8.56. The monoisotopic (exact) mass is 298 g/mol. The maximum atomic E-state index is 5.90. The summed E-state index contributed by atoms with van der Waals surface area (Å²) in [6.07, 6.45) is 3.17. The van der Waals surface area contributed by atoms with Gasteiger partial charge in [-0.2, -0.15) is 0 Å². The Morgan fingerprint density at radius 3 is 2.72 bits per heavy atom. The van der Waals surface area contributed by atoms with Crippen LogP contribution in [0.3, 0.4) is 0 Å². The number of anilines is 1. The summed E-state index contributed by atoms with van der Waals surface area (Å²) >= 11 is 12.2. The van der Waals surface area contributed by atoms with Crippen molar-refractivity contribution in [1.29, 1.82) is 0 Å². The smallest absolute Gasteiger partial charge is 0.145 e. The van der Waals surface area contributed by atoms with Crippen LogP contribution in [0.2, 0.25) is 4.34 Å². The predicted molar refractivity (Wildman–Crippen MR) is 79.3 cm³/mol. The molecule has 0 aliphatic heterocycles. The third kappa shape index (κ3) is 3.16. The summed E-state index contributed by atoms with van der Waals surface area (Å²) in [5, 5.41) is 3.23. The highest BCUT2D eigenvalue weighted by atomic mass is 35.5. The van der Waals surface area contributed by atoms with Crippen LogP contribution in [0.4, 0.5) is 5.82 Å². The van der Waals surface area contributed by atoms with Crippen molar-refractivity contribution in [3.63, 3.8) is 0 Å². The van der Waals surface area contributed by atoms with Crippen LogP contribution >= 0.6 is 35.2 Å². The van der Waals surface area contributed by atoms with Crippen LogP contribution < -0.4 is 11.1 Å². The predicted octanol–water partition coefficient (Wildman–Crippen LogP) is 3.00. The van der Waals surface area contributed by atoms with Gasteiger partial charge in [-0.25, -0.2) is 9.97 Å². The van der Waals surface area contributed by atoms with Crippen molar-refractivity contribution in [1.82, 2.24) is 9.97 Å². The van der Waals surface area contributed by atoms with Crippen molar-refractivity contribution in [2.45, 2.75) is 13.0 Å². The second kappa shape index (κ2) is 5.60. The van der Waals surface area contributed by atoms with Gasteiger partial charge in [0.1, 0.15) is 16.5 Å². The Hall–Kier alpha value is -1.24. The number of nitrogens with two attached hydrogens (primary N) is 1. The lowest BCUT2D eigenvalue weighted by Crippen LogP contribution is -2.13. The first kappa shape index (κ1) is 13.2. The van der Waals surface area contributed by atoms with Gasteiger partial charge in [0.25, 0.3) is 0 Å². The first-order valence-electron chi connectivity index (χ1n) is 5.20. The Morgan fingerprint density at radius 1 is 1.44 bits per heavy atom. The lowest BCUT2D eigenvalue weighted by Gasteiger charge is -2.12. The topological polar surface area (TPSA) is 63.8 Å². The van der Waals surface area contributed by atoms with Crippen molar-refractivity contribution < 1.29 is 0 Å². The van der Waals surface area contributed by atoms with E-state index in [1.54, 1.807) is 12.4 Å². The minimum atomic E-state index is 0.118. The number of nitrogens with zero attached hydrogens (tertiary/aromatic N) is 2. The van der Waals surface area contributed by atoms with Gasteiger partial charge in [-0.05, 0) is 19.1 Å². The van der Waals surface area contributed by atoms with Crippen LogP contribution in [0.15, 0.2) is 24.5 Å². The zero-order chi connectivity index (χ0) is 13.1. The van der Waals surface area contributed by atoms with Crippen LogP contribution in [0.1, 0.15) is 23.5 Å². The van der Waals surface area contributed by atoms with Gasteiger partial charge >= 0.3 is 0 Å². The molecule has 0 saturated carbocycles. The van der Waals surface area contributed by atoms with Crippen LogP contribution in [0, 0.1) is 0 Å². The number of nitrogens with one attached hydrogen (secondary N) is 1. The molecule has 7 heteroatoms. The zero-order valence-electron chi connectivity index (χ0n) is 9.55. The molecule has 2 aromatic heterocycles. The first-order valence-corrected chi connectivity index (χ1v) is 6.80. The zero-order valence-corrected chi connectivity index (χ0v) is 11.9. The summed E-state index contributed by atoms with van der Waals surface area (Å²) in [4.78, 5) is 9.70. The van der Waals surface area contributed by atoms with Crippen LogP contribution in [0.5, 0.6) is 0 Å². The number of hydrogen-bond acceptors (Lipinski definition) is 5. The van der Waals surface area contributed by atoms with Gasteiger partial charge in [0.05, 0.1) is 22.8 Å². The molecule has 0 fully saturated rings. The molecule has 3 N–H and O–H groups in total. The van der Waals surface area contributed by atoms with E-state index in [2.05, 4.69) is 15.3 Å². The van der Waals surface area contributed by atoms with Crippen molar-refractivity contribution >= 4 is 46.0 Å².